The average Bonchev–Trinajstić information content (AvgIpc) is 3.75. The lowest BCUT2D eigenvalue weighted by molar-refractivity contribution is -0.150. The van der Waals surface area contributed by atoms with Crippen LogP contribution in [0.3, 0.4) is 0 Å². The second-order valence-corrected chi connectivity index (χ2v) is 15.6. The zero-order chi connectivity index (χ0) is 41.1. The maximum absolute atomic E-state index is 12.7. The van der Waals surface area contributed by atoms with Crippen molar-refractivity contribution in [3.63, 3.8) is 0 Å². The molecule has 0 fully saturated rings. The molecule has 0 spiro atoms. The molecule has 1 aromatic rings. The fourth-order valence-corrected chi connectivity index (χ4v) is 6.68. The third kappa shape index (κ3) is 26.8. The van der Waals surface area contributed by atoms with Gasteiger partial charge in [-0.2, -0.15) is 0 Å². The van der Waals surface area contributed by atoms with Gasteiger partial charge < -0.3 is 28.4 Å². The van der Waals surface area contributed by atoms with Crippen LogP contribution in [0.5, 0.6) is 0 Å². The Balaban J connectivity index is 2.41. The largest absolute Gasteiger partial charge is 0.466 e. The van der Waals surface area contributed by atoms with Gasteiger partial charge >= 0.3 is 23.9 Å². The number of rotatable bonds is 38. The lowest BCUT2D eigenvalue weighted by Crippen LogP contribution is -2.31. The van der Waals surface area contributed by atoms with E-state index in [4.69, 9.17) is 18.9 Å². The summed E-state index contributed by atoms with van der Waals surface area (Å²) >= 11 is 0. The molecule has 0 saturated carbocycles. The number of esters is 4. The first-order valence-electron chi connectivity index (χ1n) is 22.6. The standard InChI is InChI=1S/C45H81N3O8/c1-6-10-14-16-24-40(22-12-8-3)44(51)55-36-20-18-34-53-42(49)27-31-47(30-26-39(5)48-33-29-46-38-48)32-28-43(50)54-35-19-21-37-56-45(52)41(23-13-9-4)25-17-15-11-7-2/h29,33,38-41H,6-28,30-32,34-37H2,1-5H3. The Morgan fingerprint density at radius 1 is 0.536 bits per heavy atom. The molecule has 0 amide bonds. The van der Waals surface area contributed by atoms with E-state index in [0.717, 1.165) is 83.5 Å². The van der Waals surface area contributed by atoms with Crippen LogP contribution in [-0.2, 0) is 38.1 Å². The predicted molar refractivity (Wildman–Crippen MR) is 223 cm³/mol. The molecule has 324 valence electrons. The van der Waals surface area contributed by atoms with Crippen LogP contribution in [0.2, 0.25) is 0 Å². The van der Waals surface area contributed by atoms with Crippen molar-refractivity contribution in [1.29, 1.82) is 0 Å². The van der Waals surface area contributed by atoms with Gasteiger partial charge in [0.25, 0.3) is 0 Å². The van der Waals surface area contributed by atoms with Crippen molar-refractivity contribution in [2.75, 3.05) is 46.1 Å². The summed E-state index contributed by atoms with van der Waals surface area (Å²) in [5.41, 5.74) is 0. The number of aromatic nitrogens is 2. The second-order valence-electron chi connectivity index (χ2n) is 15.6. The number of carbonyl (C=O) groups excluding carboxylic acids is 4. The summed E-state index contributed by atoms with van der Waals surface area (Å²) in [5, 5.41) is 0. The van der Waals surface area contributed by atoms with E-state index in [1.165, 1.54) is 25.7 Å². The van der Waals surface area contributed by atoms with Crippen LogP contribution < -0.4 is 0 Å². The van der Waals surface area contributed by atoms with Gasteiger partial charge in [-0.1, -0.05) is 105 Å². The molecule has 11 heteroatoms. The molecule has 3 unspecified atom stereocenters. The summed E-state index contributed by atoms with van der Waals surface area (Å²) in [5.74, 6) is -0.765. The Morgan fingerprint density at radius 3 is 1.38 bits per heavy atom. The molecule has 0 saturated heterocycles. The molecule has 56 heavy (non-hydrogen) atoms. The highest BCUT2D eigenvalue weighted by atomic mass is 16.5. The number of ether oxygens (including phenoxy) is 4. The molecular weight excluding hydrogens is 711 g/mol. The molecular formula is C45H81N3O8. The summed E-state index contributed by atoms with van der Waals surface area (Å²) in [6.07, 6.45) is 26.3. The number of carbonyl (C=O) groups is 4. The van der Waals surface area contributed by atoms with E-state index in [0.29, 0.717) is 58.5 Å². The summed E-state index contributed by atoms with van der Waals surface area (Å²) in [4.78, 5) is 56.9. The Morgan fingerprint density at radius 2 is 0.964 bits per heavy atom. The molecule has 0 aliphatic rings. The van der Waals surface area contributed by atoms with E-state index in [2.05, 4.69) is 44.5 Å². The summed E-state index contributed by atoms with van der Waals surface area (Å²) < 4.78 is 24.3. The van der Waals surface area contributed by atoms with E-state index < -0.39 is 0 Å². The van der Waals surface area contributed by atoms with Crippen molar-refractivity contribution in [3.8, 4) is 0 Å². The fourth-order valence-electron chi connectivity index (χ4n) is 6.68. The van der Waals surface area contributed by atoms with Crippen LogP contribution in [0, 0.1) is 11.8 Å². The van der Waals surface area contributed by atoms with E-state index in [-0.39, 0.29) is 67.8 Å². The SMILES string of the molecule is CCCCCCC(CCCC)C(=O)OCCCCOC(=O)CCN(CCC(=O)OCCCCOC(=O)C(CCCC)CCCCCC)CCC(C)n1ccnc1. The highest BCUT2D eigenvalue weighted by molar-refractivity contribution is 5.73. The van der Waals surface area contributed by atoms with Gasteiger partial charge in [0.2, 0.25) is 0 Å². The van der Waals surface area contributed by atoms with Crippen LogP contribution in [0.1, 0.15) is 188 Å². The minimum absolute atomic E-state index is 0.0154. The van der Waals surface area contributed by atoms with Gasteiger partial charge in [0.05, 0.1) is 57.4 Å². The topological polar surface area (TPSA) is 126 Å². The molecule has 0 aromatic carbocycles. The highest BCUT2D eigenvalue weighted by Gasteiger charge is 2.20. The lowest BCUT2D eigenvalue weighted by Gasteiger charge is -2.24. The van der Waals surface area contributed by atoms with Crippen LogP contribution in [-0.4, -0.2) is 84.4 Å². The molecule has 0 radical (unpaired) electrons. The van der Waals surface area contributed by atoms with Crippen molar-refractivity contribution < 1.29 is 38.1 Å². The van der Waals surface area contributed by atoms with Crippen molar-refractivity contribution in [1.82, 2.24) is 14.5 Å². The van der Waals surface area contributed by atoms with Crippen molar-refractivity contribution in [2.24, 2.45) is 11.8 Å². The van der Waals surface area contributed by atoms with E-state index >= 15 is 0 Å². The molecule has 0 aliphatic carbocycles. The van der Waals surface area contributed by atoms with Gasteiger partial charge in [-0.25, -0.2) is 4.98 Å². The lowest BCUT2D eigenvalue weighted by atomic mass is 9.95. The molecule has 11 nitrogen and oxygen atoms in total. The van der Waals surface area contributed by atoms with Crippen molar-refractivity contribution >= 4 is 23.9 Å². The normalized spacial score (nSPS) is 13.0. The molecule has 1 rings (SSSR count). The van der Waals surface area contributed by atoms with Crippen molar-refractivity contribution in [3.05, 3.63) is 18.7 Å². The number of hydrogen-bond donors (Lipinski definition) is 0. The summed E-state index contributed by atoms with van der Waals surface area (Å²) in [6, 6.07) is 0.216. The van der Waals surface area contributed by atoms with E-state index in [1.807, 2.05) is 10.8 Å². The van der Waals surface area contributed by atoms with Crippen LogP contribution in [0.4, 0.5) is 0 Å². The Hall–Kier alpha value is -2.95. The molecule has 0 aliphatic heterocycles. The van der Waals surface area contributed by atoms with Gasteiger partial charge in [-0.3, -0.25) is 19.2 Å². The van der Waals surface area contributed by atoms with E-state index in [1.54, 1.807) is 12.5 Å². The molecule has 1 aromatic heterocycles. The van der Waals surface area contributed by atoms with Crippen LogP contribution in [0.25, 0.3) is 0 Å². The highest BCUT2D eigenvalue weighted by Crippen LogP contribution is 2.21. The number of nitrogens with zero attached hydrogens (tertiary/aromatic N) is 3. The average molecular weight is 792 g/mol. The molecule has 3 atom stereocenters. The fraction of sp³-hybridized carbons (Fsp3) is 0.844. The third-order valence-corrected chi connectivity index (χ3v) is 10.5. The zero-order valence-electron chi connectivity index (χ0n) is 36.3. The zero-order valence-corrected chi connectivity index (χ0v) is 36.3. The summed E-state index contributed by atoms with van der Waals surface area (Å²) in [7, 11) is 0. The minimum Gasteiger partial charge on any atom is -0.466 e. The van der Waals surface area contributed by atoms with Gasteiger partial charge in [-0.15, -0.1) is 0 Å². The van der Waals surface area contributed by atoms with Gasteiger partial charge in [0.1, 0.15) is 0 Å². The quantitative estimate of drug-likeness (QED) is 0.0363. The smallest absolute Gasteiger partial charge is 0.308 e. The number of imidazole rings is 1. The minimum atomic E-state index is -0.280. The van der Waals surface area contributed by atoms with Gasteiger partial charge in [0.15, 0.2) is 0 Å². The molecule has 1 heterocycles. The van der Waals surface area contributed by atoms with Gasteiger partial charge in [-0.05, 0) is 64.7 Å². The first kappa shape index (κ1) is 51.1. The maximum Gasteiger partial charge on any atom is 0.308 e. The van der Waals surface area contributed by atoms with E-state index in [9.17, 15) is 19.2 Å². The molecule has 0 N–H and O–H groups in total. The van der Waals surface area contributed by atoms with Gasteiger partial charge in [0, 0.05) is 38.1 Å². The Bertz CT molecular complexity index is 1050. The first-order chi connectivity index (χ1) is 27.2. The third-order valence-electron chi connectivity index (χ3n) is 10.5. The number of unbranched alkanes of at least 4 members (excludes halogenated alkanes) is 10. The summed E-state index contributed by atoms with van der Waals surface area (Å²) in [6.45, 7) is 13.7. The van der Waals surface area contributed by atoms with Crippen LogP contribution in [0.15, 0.2) is 18.7 Å². The second kappa shape index (κ2) is 35.2. The predicted octanol–water partition coefficient (Wildman–Crippen LogP) is 10.2. The maximum atomic E-state index is 12.7. The van der Waals surface area contributed by atoms with Crippen molar-refractivity contribution in [2.45, 2.75) is 188 Å². The van der Waals surface area contributed by atoms with Crippen LogP contribution >= 0.6 is 0 Å². The first-order valence-corrected chi connectivity index (χ1v) is 22.6. The Kier molecular flexibility index (Phi) is 32.1. The monoisotopic (exact) mass is 792 g/mol. The number of hydrogen-bond acceptors (Lipinski definition) is 10. The Labute approximate surface area is 340 Å². The molecule has 0 bridgehead atoms.